The molecule has 0 spiro atoms. The Labute approximate surface area is 192 Å². The maximum atomic E-state index is 15.6. The van der Waals surface area contributed by atoms with E-state index < -0.39 is 46.6 Å². The van der Waals surface area contributed by atoms with Crippen LogP contribution in [0.15, 0.2) is 10.3 Å². The highest BCUT2D eigenvalue weighted by Gasteiger charge is 2.70. The molecule has 7 unspecified atom stereocenters. The van der Waals surface area contributed by atoms with Gasteiger partial charge >= 0.3 is 0 Å². The zero-order chi connectivity index (χ0) is 23.5. The van der Waals surface area contributed by atoms with E-state index in [-0.39, 0.29) is 24.4 Å². The summed E-state index contributed by atoms with van der Waals surface area (Å²) in [5.74, 6) is -2.87. The van der Waals surface area contributed by atoms with Crippen molar-refractivity contribution in [2.24, 2.45) is 44.8 Å². The summed E-state index contributed by atoms with van der Waals surface area (Å²) < 4.78 is 30.2. The fourth-order valence-corrected chi connectivity index (χ4v) is 7.58. The number of oxime groups is 2. The third kappa shape index (κ3) is 3.28. The van der Waals surface area contributed by atoms with Gasteiger partial charge in [0.1, 0.15) is 13.2 Å². The predicted octanol–water partition coefficient (Wildman–Crippen LogP) is 3.02. The summed E-state index contributed by atoms with van der Waals surface area (Å²) >= 11 is 0. The van der Waals surface area contributed by atoms with Crippen LogP contribution in [0.3, 0.4) is 0 Å². The maximum Gasteiger partial charge on any atom is 0.176 e. The summed E-state index contributed by atoms with van der Waals surface area (Å²) in [5, 5.41) is 12.0. The summed E-state index contributed by atoms with van der Waals surface area (Å²) in [4.78, 5) is 37.0. The molecule has 5 rings (SSSR count). The van der Waals surface area contributed by atoms with E-state index >= 15 is 4.39 Å². The predicted molar refractivity (Wildman–Crippen MR) is 117 cm³/mol. The fourth-order valence-electron chi connectivity index (χ4n) is 7.58. The van der Waals surface area contributed by atoms with Crippen molar-refractivity contribution in [1.82, 2.24) is 5.32 Å². The Morgan fingerprint density at radius 1 is 1.15 bits per heavy atom. The summed E-state index contributed by atoms with van der Waals surface area (Å²) in [6.07, 6.45) is -0.493. The van der Waals surface area contributed by atoms with Crippen LogP contribution >= 0.6 is 0 Å². The Hall–Kier alpha value is -1.90. The number of carbonyl (C=O) groups excluding carboxylic acids is 2. The number of hydrogen-bond acceptors (Lipinski definition) is 7. The molecule has 4 aliphatic carbocycles. The van der Waals surface area contributed by atoms with Crippen LogP contribution in [0, 0.1) is 34.5 Å². The van der Waals surface area contributed by atoms with E-state index in [0.717, 1.165) is 30.9 Å². The molecule has 0 amide bonds. The molecule has 7 nitrogen and oxygen atoms in total. The van der Waals surface area contributed by atoms with Crippen molar-refractivity contribution < 1.29 is 28.0 Å². The topological polar surface area (TPSA) is 89.4 Å². The van der Waals surface area contributed by atoms with Gasteiger partial charge in [-0.05, 0) is 62.8 Å². The quantitative estimate of drug-likeness (QED) is 0.648. The summed E-state index contributed by atoms with van der Waals surface area (Å²) in [7, 11) is 1.48. The second-order valence-electron chi connectivity index (χ2n) is 11.0. The average Bonchev–Trinajstić information content (AvgIpc) is 3.39. The van der Waals surface area contributed by atoms with E-state index in [1.165, 1.54) is 14.0 Å². The van der Waals surface area contributed by atoms with Crippen LogP contribution in [-0.2, 0) is 19.3 Å². The van der Waals surface area contributed by atoms with Crippen molar-refractivity contribution in [3.63, 3.8) is 0 Å². The molecule has 0 radical (unpaired) electrons. The molecule has 0 bridgehead atoms. The molecule has 33 heavy (non-hydrogen) atoms. The van der Waals surface area contributed by atoms with Crippen molar-refractivity contribution in [3.8, 4) is 0 Å². The Morgan fingerprint density at radius 2 is 1.94 bits per heavy atom. The molecule has 9 atom stereocenters. The minimum atomic E-state index is -1.97. The van der Waals surface area contributed by atoms with Crippen LogP contribution in [-0.4, -0.2) is 61.6 Å². The molecule has 1 heterocycles. The Bertz CT molecular complexity index is 904. The van der Waals surface area contributed by atoms with Crippen LogP contribution in [0.25, 0.3) is 0 Å². The minimum Gasteiger partial charge on any atom is -0.399 e. The van der Waals surface area contributed by atoms with Gasteiger partial charge in [-0.2, -0.15) is 0 Å². The van der Waals surface area contributed by atoms with Crippen LogP contribution in [0.5, 0.6) is 0 Å². The Balaban J connectivity index is 1.48. The summed E-state index contributed by atoms with van der Waals surface area (Å²) in [6.45, 7) is 5.16. The summed E-state index contributed by atoms with van der Waals surface area (Å²) in [6, 6.07) is 0. The van der Waals surface area contributed by atoms with Crippen molar-refractivity contribution in [2.75, 3.05) is 20.2 Å². The Kier molecular flexibility index (Phi) is 5.61. The molecule has 182 valence electrons. The second kappa shape index (κ2) is 8.10. The monoisotopic (exact) mass is 465 g/mol. The van der Waals surface area contributed by atoms with Crippen molar-refractivity contribution in [1.29, 1.82) is 0 Å². The first kappa shape index (κ1) is 22.9. The first-order valence-electron chi connectivity index (χ1n) is 12.1. The second-order valence-corrected chi connectivity index (χ2v) is 11.0. The smallest absolute Gasteiger partial charge is 0.176 e. The number of ketones is 2. The molecular formula is C24H33F2N3O4. The van der Waals surface area contributed by atoms with Crippen LogP contribution in [0.2, 0.25) is 0 Å². The third-order valence-electron chi connectivity index (χ3n) is 9.37. The molecule has 1 aliphatic heterocycles. The van der Waals surface area contributed by atoms with Gasteiger partial charge in [-0.25, -0.2) is 8.78 Å². The van der Waals surface area contributed by atoms with Gasteiger partial charge in [-0.1, -0.05) is 17.2 Å². The number of rotatable bonds is 3. The van der Waals surface area contributed by atoms with Crippen LogP contribution in [0.1, 0.15) is 52.4 Å². The zero-order valence-electron chi connectivity index (χ0n) is 19.5. The van der Waals surface area contributed by atoms with Gasteiger partial charge in [0.2, 0.25) is 0 Å². The van der Waals surface area contributed by atoms with E-state index in [2.05, 4.69) is 15.6 Å². The lowest BCUT2D eigenvalue weighted by atomic mass is 9.44. The SMILES string of the molecule is CO/N=C1\CC2C(C(=O)C(F)[C@]3(C)C(=O)C(F)CC23)[C@@]2(C)CCC(=NOC3CCNC3)CC12. The van der Waals surface area contributed by atoms with Gasteiger partial charge in [-0.3, -0.25) is 9.59 Å². The third-order valence-corrected chi connectivity index (χ3v) is 9.37. The number of carbonyl (C=O) groups is 2. The fraction of sp³-hybridized carbons (Fsp3) is 0.833. The van der Waals surface area contributed by atoms with E-state index in [4.69, 9.17) is 9.68 Å². The first-order chi connectivity index (χ1) is 15.7. The Morgan fingerprint density at radius 3 is 2.64 bits per heavy atom. The molecule has 0 aromatic carbocycles. The van der Waals surface area contributed by atoms with E-state index in [0.29, 0.717) is 25.7 Å². The molecule has 5 aliphatic rings. The molecule has 4 saturated carbocycles. The molecule has 1 saturated heterocycles. The zero-order valence-corrected chi connectivity index (χ0v) is 19.5. The molecule has 5 fully saturated rings. The van der Waals surface area contributed by atoms with Gasteiger partial charge in [0, 0.05) is 24.8 Å². The van der Waals surface area contributed by atoms with Gasteiger partial charge in [-0.15, -0.1) is 0 Å². The number of nitrogens with zero attached hydrogens (tertiary/aromatic N) is 2. The van der Waals surface area contributed by atoms with Crippen LogP contribution < -0.4 is 5.32 Å². The number of fused-ring (bicyclic) bond motifs is 5. The normalized spacial score (nSPS) is 49.7. The summed E-state index contributed by atoms with van der Waals surface area (Å²) in [5.41, 5.74) is -0.451. The van der Waals surface area contributed by atoms with Gasteiger partial charge in [0.15, 0.2) is 23.9 Å². The lowest BCUT2D eigenvalue weighted by molar-refractivity contribution is -0.163. The molecule has 0 aromatic rings. The van der Waals surface area contributed by atoms with E-state index in [9.17, 15) is 14.0 Å². The van der Waals surface area contributed by atoms with Crippen molar-refractivity contribution in [3.05, 3.63) is 0 Å². The number of hydrogen-bond donors (Lipinski definition) is 1. The first-order valence-corrected chi connectivity index (χ1v) is 12.1. The minimum absolute atomic E-state index is 0.0266. The average molecular weight is 466 g/mol. The van der Waals surface area contributed by atoms with Crippen molar-refractivity contribution in [2.45, 2.75) is 70.8 Å². The molecule has 1 N–H and O–H groups in total. The molecular weight excluding hydrogens is 432 g/mol. The number of alkyl halides is 2. The lowest BCUT2D eigenvalue weighted by Gasteiger charge is -2.58. The van der Waals surface area contributed by atoms with Crippen LogP contribution in [0.4, 0.5) is 8.78 Å². The maximum absolute atomic E-state index is 15.6. The van der Waals surface area contributed by atoms with E-state index in [1.54, 1.807) is 0 Å². The lowest BCUT2D eigenvalue weighted by Crippen LogP contribution is -2.64. The van der Waals surface area contributed by atoms with Gasteiger partial charge < -0.3 is 15.0 Å². The van der Waals surface area contributed by atoms with Gasteiger partial charge in [0.05, 0.1) is 16.8 Å². The largest absolute Gasteiger partial charge is 0.399 e. The van der Waals surface area contributed by atoms with E-state index in [1.807, 2.05) is 6.92 Å². The van der Waals surface area contributed by atoms with Gasteiger partial charge in [0.25, 0.3) is 0 Å². The van der Waals surface area contributed by atoms with Crippen molar-refractivity contribution >= 4 is 23.0 Å². The number of Topliss-reactive ketones (excluding diaryl/α,β-unsaturated/α-hetero) is 2. The highest BCUT2D eigenvalue weighted by atomic mass is 19.1. The molecule has 0 aromatic heterocycles. The number of halogens is 2. The molecule has 9 heteroatoms. The highest BCUT2D eigenvalue weighted by molar-refractivity contribution is 6.03. The number of nitrogens with one attached hydrogen (secondary N) is 1. The standard InChI is InChI=1S/C24H33F2N3O4/c1-23-6-4-12(28-33-13-5-7-27-11-13)8-16(23)18(29-32-3)9-14-15-10-17(25)22(31)24(15,2)21(26)20(30)19(14)23/h13-17,19,21,27H,4-11H2,1-3H3/b28-12?,29-18+/t13?,14?,15?,16?,17?,19?,21?,23-,24+/m0/s1. The highest BCUT2D eigenvalue weighted by Crippen LogP contribution is 2.64.